The molecule has 0 aliphatic heterocycles. The minimum absolute atomic E-state index is 0.00616. The third-order valence-corrected chi connectivity index (χ3v) is 2.77. The van der Waals surface area contributed by atoms with Gasteiger partial charge in [-0.2, -0.15) is 0 Å². The summed E-state index contributed by atoms with van der Waals surface area (Å²) in [6.45, 7) is 0.00616. The summed E-state index contributed by atoms with van der Waals surface area (Å²) in [4.78, 5) is 0. The largest absolute Gasteiger partial charge is 0.493 e. The zero-order chi connectivity index (χ0) is 11.3. The van der Waals surface area contributed by atoms with Crippen molar-refractivity contribution in [2.24, 2.45) is 0 Å². The van der Waals surface area contributed by atoms with Gasteiger partial charge in [0.2, 0.25) is 9.05 Å². The molecule has 0 aromatic heterocycles. The van der Waals surface area contributed by atoms with Gasteiger partial charge >= 0.3 is 0 Å². The van der Waals surface area contributed by atoms with Crippen LogP contribution in [0.1, 0.15) is 0 Å². The van der Waals surface area contributed by atoms with Crippen LogP contribution < -0.4 is 9.47 Å². The summed E-state index contributed by atoms with van der Waals surface area (Å²) in [5.41, 5.74) is 0. The van der Waals surface area contributed by atoms with Crippen LogP contribution in [0.5, 0.6) is 11.5 Å². The third-order valence-electron chi connectivity index (χ3n) is 1.65. The Kier molecular flexibility index (Phi) is 4.23. The van der Waals surface area contributed by atoms with Gasteiger partial charge in [0.25, 0.3) is 0 Å². The Hall–Kier alpha value is -0.940. The summed E-state index contributed by atoms with van der Waals surface area (Å²) < 4.78 is 31.5. The maximum atomic E-state index is 10.6. The van der Waals surface area contributed by atoms with Crippen molar-refractivity contribution in [3.05, 3.63) is 24.3 Å². The fourth-order valence-corrected chi connectivity index (χ4v) is 1.46. The van der Waals surface area contributed by atoms with E-state index >= 15 is 0 Å². The van der Waals surface area contributed by atoms with Gasteiger partial charge in [-0.1, -0.05) is 12.1 Å². The number of halogens is 1. The van der Waals surface area contributed by atoms with E-state index in [1.165, 1.54) is 7.11 Å². The Bertz CT molecular complexity index is 416. The first-order chi connectivity index (χ1) is 7.03. The molecule has 0 heterocycles. The van der Waals surface area contributed by atoms with Crippen LogP contribution in [0.4, 0.5) is 0 Å². The maximum absolute atomic E-state index is 10.6. The zero-order valence-electron chi connectivity index (χ0n) is 8.14. The van der Waals surface area contributed by atoms with Crippen LogP contribution in [0.2, 0.25) is 0 Å². The lowest BCUT2D eigenvalue weighted by molar-refractivity contribution is 0.312. The van der Waals surface area contributed by atoms with Crippen LogP contribution in [0.3, 0.4) is 0 Å². The number of para-hydroxylation sites is 2. The molecule has 4 nitrogen and oxygen atoms in total. The van der Waals surface area contributed by atoms with Gasteiger partial charge in [0.15, 0.2) is 11.5 Å². The molecule has 0 unspecified atom stereocenters. The van der Waals surface area contributed by atoms with Gasteiger partial charge in [0.05, 0.1) is 12.9 Å². The van der Waals surface area contributed by atoms with E-state index in [9.17, 15) is 8.42 Å². The SMILES string of the molecule is COc1ccccc1OCCS(=O)(=O)Cl. The van der Waals surface area contributed by atoms with E-state index < -0.39 is 9.05 Å². The normalized spacial score (nSPS) is 11.1. The van der Waals surface area contributed by atoms with Crippen LogP contribution in [0.25, 0.3) is 0 Å². The van der Waals surface area contributed by atoms with Crippen molar-refractivity contribution in [2.75, 3.05) is 19.5 Å². The predicted molar refractivity (Wildman–Crippen MR) is 58.1 cm³/mol. The highest BCUT2D eigenvalue weighted by atomic mass is 35.7. The van der Waals surface area contributed by atoms with E-state index in [1.807, 2.05) is 0 Å². The molecule has 0 saturated carbocycles. The molecular weight excluding hydrogens is 240 g/mol. The Morgan fingerprint density at radius 2 is 1.87 bits per heavy atom. The lowest BCUT2D eigenvalue weighted by Gasteiger charge is -2.08. The molecule has 0 N–H and O–H groups in total. The Labute approximate surface area is 93.2 Å². The molecule has 84 valence electrons. The molecule has 6 heteroatoms. The van der Waals surface area contributed by atoms with Gasteiger partial charge < -0.3 is 9.47 Å². The summed E-state index contributed by atoms with van der Waals surface area (Å²) in [7, 11) is 3.04. The first-order valence-electron chi connectivity index (χ1n) is 4.21. The smallest absolute Gasteiger partial charge is 0.235 e. The lowest BCUT2D eigenvalue weighted by Crippen LogP contribution is -2.09. The summed E-state index contributed by atoms with van der Waals surface area (Å²) >= 11 is 0. The number of hydrogen-bond acceptors (Lipinski definition) is 4. The highest BCUT2D eigenvalue weighted by molar-refractivity contribution is 8.13. The highest BCUT2D eigenvalue weighted by Gasteiger charge is 2.07. The molecule has 0 aliphatic carbocycles. The molecule has 0 aliphatic rings. The summed E-state index contributed by atoms with van der Waals surface area (Å²) in [6.07, 6.45) is 0. The Balaban J connectivity index is 2.58. The molecular formula is C9H11ClO4S. The van der Waals surface area contributed by atoms with Gasteiger partial charge in [-0.25, -0.2) is 8.42 Å². The van der Waals surface area contributed by atoms with E-state index in [0.717, 1.165) is 0 Å². The molecule has 1 aromatic carbocycles. The number of benzene rings is 1. The zero-order valence-corrected chi connectivity index (χ0v) is 9.72. The van der Waals surface area contributed by atoms with Crippen LogP contribution in [0, 0.1) is 0 Å². The average Bonchev–Trinajstić information content (AvgIpc) is 2.16. The number of hydrogen-bond donors (Lipinski definition) is 0. The number of ether oxygens (including phenoxy) is 2. The van der Waals surface area contributed by atoms with Crippen molar-refractivity contribution in [1.29, 1.82) is 0 Å². The minimum Gasteiger partial charge on any atom is -0.493 e. The van der Waals surface area contributed by atoms with Crippen molar-refractivity contribution >= 4 is 19.7 Å². The molecule has 0 amide bonds. The van der Waals surface area contributed by atoms with Crippen molar-refractivity contribution in [3.63, 3.8) is 0 Å². The number of rotatable bonds is 5. The fourth-order valence-electron chi connectivity index (χ4n) is 0.989. The second-order valence-electron chi connectivity index (χ2n) is 2.74. The lowest BCUT2D eigenvalue weighted by atomic mass is 10.3. The second kappa shape index (κ2) is 5.23. The topological polar surface area (TPSA) is 52.6 Å². The molecule has 1 rings (SSSR count). The molecule has 0 bridgehead atoms. The monoisotopic (exact) mass is 250 g/mol. The standard InChI is InChI=1S/C9H11ClO4S/c1-13-8-4-2-3-5-9(8)14-6-7-15(10,11)12/h2-5H,6-7H2,1H3. The van der Waals surface area contributed by atoms with Crippen molar-refractivity contribution in [1.82, 2.24) is 0 Å². The molecule has 15 heavy (non-hydrogen) atoms. The van der Waals surface area contributed by atoms with E-state index in [-0.39, 0.29) is 12.4 Å². The van der Waals surface area contributed by atoms with E-state index in [4.69, 9.17) is 20.2 Å². The van der Waals surface area contributed by atoms with Gasteiger partial charge in [0.1, 0.15) is 6.61 Å². The first-order valence-corrected chi connectivity index (χ1v) is 6.69. The quantitative estimate of drug-likeness (QED) is 0.746. The molecule has 0 saturated heterocycles. The third kappa shape index (κ3) is 4.40. The molecule has 0 spiro atoms. The summed E-state index contributed by atoms with van der Waals surface area (Å²) in [5, 5.41) is 0. The summed E-state index contributed by atoms with van der Waals surface area (Å²) in [5.74, 6) is 0.830. The van der Waals surface area contributed by atoms with E-state index in [2.05, 4.69) is 0 Å². The van der Waals surface area contributed by atoms with Gasteiger partial charge in [-0.3, -0.25) is 0 Å². The highest BCUT2D eigenvalue weighted by Crippen LogP contribution is 2.25. The average molecular weight is 251 g/mol. The number of methoxy groups -OCH3 is 1. The van der Waals surface area contributed by atoms with E-state index in [1.54, 1.807) is 24.3 Å². The van der Waals surface area contributed by atoms with Gasteiger partial charge in [-0.15, -0.1) is 0 Å². The van der Waals surface area contributed by atoms with Crippen molar-refractivity contribution < 1.29 is 17.9 Å². The first kappa shape index (κ1) is 12.1. The van der Waals surface area contributed by atoms with Crippen LogP contribution in [0.15, 0.2) is 24.3 Å². The Morgan fingerprint density at radius 3 is 2.40 bits per heavy atom. The van der Waals surface area contributed by atoms with Crippen LogP contribution in [-0.2, 0) is 9.05 Å². The van der Waals surface area contributed by atoms with E-state index in [0.29, 0.717) is 11.5 Å². The minimum atomic E-state index is -3.51. The van der Waals surface area contributed by atoms with Crippen LogP contribution in [-0.4, -0.2) is 27.9 Å². The second-order valence-corrected chi connectivity index (χ2v) is 5.64. The molecule has 0 fully saturated rings. The predicted octanol–water partition coefficient (Wildman–Crippen LogP) is 1.64. The summed E-state index contributed by atoms with van der Waals surface area (Å²) in [6, 6.07) is 6.99. The van der Waals surface area contributed by atoms with Crippen molar-refractivity contribution in [3.8, 4) is 11.5 Å². The molecule has 1 aromatic rings. The molecule has 0 radical (unpaired) electrons. The van der Waals surface area contributed by atoms with Crippen LogP contribution >= 0.6 is 10.7 Å². The van der Waals surface area contributed by atoms with Gasteiger partial charge in [-0.05, 0) is 12.1 Å². The maximum Gasteiger partial charge on any atom is 0.235 e. The van der Waals surface area contributed by atoms with Gasteiger partial charge in [0, 0.05) is 10.7 Å². The Morgan fingerprint density at radius 1 is 1.27 bits per heavy atom. The fraction of sp³-hybridized carbons (Fsp3) is 0.333. The van der Waals surface area contributed by atoms with Crippen molar-refractivity contribution in [2.45, 2.75) is 0 Å². The molecule has 0 atom stereocenters.